The Bertz CT molecular complexity index is 942. The summed E-state index contributed by atoms with van der Waals surface area (Å²) in [5.41, 5.74) is 4.22. The molecule has 0 aliphatic rings. The highest BCUT2D eigenvalue weighted by Gasteiger charge is 2.07. The lowest BCUT2D eigenvalue weighted by atomic mass is 10.3. The lowest BCUT2D eigenvalue weighted by molar-refractivity contribution is 0.834. The van der Waals surface area contributed by atoms with Gasteiger partial charge in [0.15, 0.2) is 0 Å². The monoisotopic (exact) mass is 321 g/mol. The fourth-order valence-electron chi connectivity index (χ4n) is 2.43. The molecule has 23 heavy (non-hydrogen) atoms. The molecule has 1 aromatic carbocycles. The molecular weight excluding hydrogens is 306 g/mol. The maximum atomic E-state index is 4.67. The summed E-state index contributed by atoms with van der Waals surface area (Å²) in [5, 5.41) is 5.25. The molecule has 0 saturated heterocycles. The Morgan fingerprint density at radius 3 is 2.78 bits per heavy atom. The van der Waals surface area contributed by atoms with E-state index >= 15 is 0 Å². The van der Waals surface area contributed by atoms with Crippen molar-refractivity contribution in [3.8, 4) is 5.69 Å². The predicted octanol–water partition coefficient (Wildman–Crippen LogP) is 3.52. The van der Waals surface area contributed by atoms with Crippen LogP contribution < -0.4 is 0 Å². The average molecular weight is 321 g/mol. The van der Waals surface area contributed by atoms with Crippen LogP contribution in [0.2, 0.25) is 0 Å². The minimum absolute atomic E-state index is 0.750. The van der Waals surface area contributed by atoms with Crippen molar-refractivity contribution in [2.24, 2.45) is 0 Å². The molecule has 0 fully saturated rings. The summed E-state index contributed by atoms with van der Waals surface area (Å²) in [6, 6.07) is 14.1. The first-order chi connectivity index (χ1) is 11.3. The number of benzene rings is 1. The van der Waals surface area contributed by atoms with Gasteiger partial charge >= 0.3 is 0 Å². The van der Waals surface area contributed by atoms with Crippen LogP contribution in [0.15, 0.2) is 66.3 Å². The number of hydrogen-bond acceptors (Lipinski definition) is 4. The fraction of sp³-hybridized carbons (Fsp3) is 0.118. The number of nitrogens with zero attached hydrogens (tertiary/aromatic N) is 5. The summed E-state index contributed by atoms with van der Waals surface area (Å²) >= 11 is 1.59. The van der Waals surface area contributed by atoms with Gasteiger partial charge < -0.3 is 4.40 Å². The molecule has 4 rings (SSSR count). The van der Waals surface area contributed by atoms with Crippen LogP contribution in [0.3, 0.4) is 0 Å². The second kappa shape index (κ2) is 5.89. The standard InChI is InChI=1S/C17H15N5S/c1-13-6-5-9-21-10-14(19-16(13)21)11-23-17-18-12-22(20-17)15-7-3-2-4-8-15/h2-10,12H,11H2,1H3. The Morgan fingerprint density at radius 2 is 1.96 bits per heavy atom. The van der Waals surface area contributed by atoms with Crippen molar-refractivity contribution in [3.63, 3.8) is 0 Å². The second-order valence-corrected chi connectivity index (χ2v) is 6.19. The first kappa shape index (κ1) is 14.0. The van der Waals surface area contributed by atoms with E-state index in [0.717, 1.165) is 27.9 Å². The SMILES string of the molecule is Cc1cccn2cc(CSc3ncn(-c4ccccc4)n3)nc12. The Hall–Kier alpha value is -2.60. The smallest absolute Gasteiger partial charge is 0.209 e. The van der Waals surface area contributed by atoms with Gasteiger partial charge in [0.2, 0.25) is 5.16 Å². The van der Waals surface area contributed by atoms with Gasteiger partial charge in [0.25, 0.3) is 0 Å². The molecule has 0 amide bonds. The number of hydrogen-bond donors (Lipinski definition) is 0. The molecule has 0 aliphatic carbocycles. The number of pyridine rings is 1. The van der Waals surface area contributed by atoms with E-state index in [4.69, 9.17) is 0 Å². The van der Waals surface area contributed by atoms with E-state index in [2.05, 4.69) is 38.7 Å². The van der Waals surface area contributed by atoms with Crippen LogP contribution in [0.1, 0.15) is 11.3 Å². The molecular formula is C17H15N5S. The summed E-state index contributed by atoms with van der Waals surface area (Å²) in [4.78, 5) is 9.03. The number of thioether (sulfide) groups is 1. The van der Waals surface area contributed by atoms with Crippen molar-refractivity contribution in [3.05, 3.63) is 72.4 Å². The number of aryl methyl sites for hydroxylation is 1. The molecule has 114 valence electrons. The molecule has 5 nitrogen and oxygen atoms in total. The third kappa shape index (κ3) is 2.85. The maximum Gasteiger partial charge on any atom is 0.209 e. The molecule has 0 radical (unpaired) electrons. The van der Waals surface area contributed by atoms with Crippen molar-refractivity contribution in [1.29, 1.82) is 0 Å². The lowest BCUT2D eigenvalue weighted by Gasteiger charge is -1.97. The number of rotatable bonds is 4. The highest BCUT2D eigenvalue weighted by atomic mass is 32.2. The fourth-order valence-corrected chi connectivity index (χ4v) is 3.12. The highest BCUT2D eigenvalue weighted by molar-refractivity contribution is 7.98. The van der Waals surface area contributed by atoms with E-state index in [9.17, 15) is 0 Å². The number of imidazole rings is 1. The van der Waals surface area contributed by atoms with Gasteiger partial charge in [-0.25, -0.2) is 14.6 Å². The summed E-state index contributed by atoms with van der Waals surface area (Å²) in [6.45, 7) is 2.07. The molecule has 0 atom stereocenters. The molecule has 4 aromatic rings. The Balaban J connectivity index is 1.50. The molecule has 0 bridgehead atoms. The van der Waals surface area contributed by atoms with Crippen molar-refractivity contribution >= 4 is 17.4 Å². The van der Waals surface area contributed by atoms with Crippen LogP contribution >= 0.6 is 11.8 Å². The van der Waals surface area contributed by atoms with E-state index < -0.39 is 0 Å². The quantitative estimate of drug-likeness (QED) is 0.540. The summed E-state index contributed by atoms with van der Waals surface area (Å²) < 4.78 is 3.84. The van der Waals surface area contributed by atoms with E-state index in [-0.39, 0.29) is 0 Å². The number of para-hydroxylation sites is 1. The van der Waals surface area contributed by atoms with Gasteiger partial charge in [-0.1, -0.05) is 36.0 Å². The largest absolute Gasteiger partial charge is 0.307 e. The van der Waals surface area contributed by atoms with Crippen molar-refractivity contribution in [1.82, 2.24) is 24.1 Å². The summed E-state index contributed by atoms with van der Waals surface area (Å²) in [5.74, 6) is 0.750. The van der Waals surface area contributed by atoms with Gasteiger partial charge in [-0.3, -0.25) is 0 Å². The molecule has 3 aromatic heterocycles. The van der Waals surface area contributed by atoms with Crippen LogP contribution in [0.25, 0.3) is 11.3 Å². The zero-order valence-electron chi connectivity index (χ0n) is 12.6. The minimum Gasteiger partial charge on any atom is -0.307 e. The Labute approximate surface area is 138 Å². The van der Waals surface area contributed by atoms with Gasteiger partial charge in [0.05, 0.1) is 11.4 Å². The highest BCUT2D eigenvalue weighted by Crippen LogP contribution is 2.20. The zero-order chi connectivity index (χ0) is 15.6. The maximum absolute atomic E-state index is 4.67. The normalized spacial score (nSPS) is 11.2. The summed E-state index contributed by atoms with van der Waals surface area (Å²) in [6.07, 6.45) is 5.82. The number of fused-ring (bicyclic) bond motifs is 1. The van der Waals surface area contributed by atoms with Crippen LogP contribution in [-0.2, 0) is 5.75 Å². The Morgan fingerprint density at radius 1 is 1.09 bits per heavy atom. The predicted molar refractivity (Wildman–Crippen MR) is 90.8 cm³/mol. The zero-order valence-corrected chi connectivity index (χ0v) is 13.4. The Kier molecular flexibility index (Phi) is 3.59. The van der Waals surface area contributed by atoms with Crippen molar-refractivity contribution in [2.45, 2.75) is 17.8 Å². The summed E-state index contributed by atoms with van der Waals surface area (Å²) in [7, 11) is 0. The van der Waals surface area contributed by atoms with Crippen LogP contribution in [0, 0.1) is 6.92 Å². The van der Waals surface area contributed by atoms with Crippen LogP contribution in [0.4, 0.5) is 0 Å². The number of aromatic nitrogens is 5. The van der Waals surface area contributed by atoms with E-state index in [1.54, 1.807) is 22.8 Å². The molecule has 3 heterocycles. The second-order valence-electron chi connectivity index (χ2n) is 5.25. The van der Waals surface area contributed by atoms with Crippen LogP contribution in [0.5, 0.6) is 0 Å². The van der Waals surface area contributed by atoms with Crippen LogP contribution in [-0.4, -0.2) is 24.1 Å². The topological polar surface area (TPSA) is 48.0 Å². The van der Waals surface area contributed by atoms with Gasteiger partial charge in [-0.15, -0.1) is 5.10 Å². The van der Waals surface area contributed by atoms with E-state index in [0.29, 0.717) is 0 Å². The van der Waals surface area contributed by atoms with Gasteiger partial charge in [-0.05, 0) is 30.7 Å². The molecule has 0 aliphatic heterocycles. The first-order valence-corrected chi connectivity index (χ1v) is 8.31. The molecule has 0 saturated carbocycles. The van der Waals surface area contributed by atoms with Crippen molar-refractivity contribution < 1.29 is 0 Å². The van der Waals surface area contributed by atoms with Gasteiger partial charge in [0, 0.05) is 18.1 Å². The third-order valence-electron chi connectivity index (χ3n) is 3.57. The molecule has 0 N–H and O–H groups in total. The van der Waals surface area contributed by atoms with Gasteiger partial charge in [0.1, 0.15) is 12.0 Å². The minimum atomic E-state index is 0.750. The van der Waals surface area contributed by atoms with E-state index in [1.165, 1.54) is 5.56 Å². The van der Waals surface area contributed by atoms with Gasteiger partial charge in [-0.2, -0.15) is 0 Å². The molecule has 6 heteroatoms. The third-order valence-corrected chi connectivity index (χ3v) is 4.45. The first-order valence-electron chi connectivity index (χ1n) is 7.33. The molecule has 0 spiro atoms. The lowest BCUT2D eigenvalue weighted by Crippen LogP contribution is -1.93. The average Bonchev–Trinajstić information content (AvgIpc) is 3.21. The van der Waals surface area contributed by atoms with E-state index in [1.807, 2.05) is 42.6 Å². The molecule has 0 unspecified atom stereocenters. The van der Waals surface area contributed by atoms with Crippen molar-refractivity contribution in [2.75, 3.05) is 0 Å².